The summed E-state index contributed by atoms with van der Waals surface area (Å²) in [6.07, 6.45) is 2.55. The van der Waals surface area contributed by atoms with Crippen LogP contribution >= 0.6 is 0 Å². The Morgan fingerprint density at radius 1 is 1.50 bits per heavy atom. The number of carbonyl (C=O) groups excluding carboxylic acids is 1. The van der Waals surface area contributed by atoms with E-state index in [1.54, 1.807) is 13.0 Å². The molecule has 0 radical (unpaired) electrons. The van der Waals surface area contributed by atoms with Crippen molar-refractivity contribution in [2.24, 2.45) is 5.92 Å². The summed E-state index contributed by atoms with van der Waals surface area (Å²) < 4.78 is 11.1. The number of carbonyl (C=O) groups is 1. The molecule has 1 aliphatic heterocycles. The van der Waals surface area contributed by atoms with Crippen molar-refractivity contribution in [2.75, 3.05) is 6.61 Å². The van der Waals surface area contributed by atoms with Crippen LogP contribution in [0.15, 0.2) is 43.0 Å². The predicted octanol–water partition coefficient (Wildman–Crippen LogP) is 3.02. The largest absolute Gasteiger partial charge is 0.464 e. The zero-order chi connectivity index (χ0) is 16.2. The normalized spacial score (nSPS) is 27.1. The molecule has 4 nitrogen and oxygen atoms in total. The summed E-state index contributed by atoms with van der Waals surface area (Å²) in [6, 6.07) is 9.86. The Morgan fingerprint density at radius 3 is 2.77 bits per heavy atom. The second kappa shape index (κ2) is 7.07. The molecule has 1 saturated heterocycles. The molecule has 1 aromatic rings. The van der Waals surface area contributed by atoms with Crippen molar-refractivity contribution < 1.29 is 19.4 Å². The zero-order valence-electron chi connectivity index (χ0n) is 13.2. The van der Waals surface area contributed by atoms with Crippen LogP contribution in [0.5, 0.6) is 0 Å². The summed E-state index contributed by atoms with van der Waals surface area (Å²) in [4.78, 5) is 12.1. The van der Waals surface area contributed by atoms with E-state index in [4.69, 9.17) is 9.47 Å². The highest BCUT2D eigenvalue weighted by molar-refractivity contribution is 5.79. The summed E-state index contributed by atoms with van der Waals surface area (Å²) >= 11 is 0. The van der Waals surface area contributed by atoms with Crippen LogP contribution < -0.4 is 0 Å². The van der Waals surface area contributed by atoms with Crippen LogP contribution in [0.25, 0.3) is 0 Å². The molecular weight excluding hydrogens is 280 g/mol. The van der Waals surface area contributed by atoms with Gasteiger partial charge in [0.15, 0.2) is 5.60 Å². The highest BCUT2D eigenvalue weighted by Crippen LogP contribution is 2.43. The topological polar surface area (TPSA) is 55.8 Å². The van der Waals surface area contributed by atoms with Gasteiger partial charge in [-0.1, -0.05) is 36.4 Å². The van der Waals surface area contributed by atoms with Crippen molar-refractivity contribution >= 4 is 5.97 Å². The minimum absolute atomic E-state index is 0.128. The van der Waals surface area contributed by atoms with Crippen molar-refractivity contribution in [3.05, 3.63) is 48.6 Å². The first-order valence-corrected chi connectivity index (χ1v) is 7.71. The molecule has 0 amide bonds. The molecule has 4 heteroatoms. The van der Waals surface area contributed by atoms with Gasteiger partial charge in [0.25, 0.3) is 0 Å². The van der Waals surface area contributed by atoms with Gasteiger partial charge in [-0.3, -0.25) is 0 Å². The Balaban J connectivity index is 2.21. The van der Waals surface area contributed by atoms with Crippen molar-refractivity contribution in [2.45, 2.75) is 44.5 Å². The second-order valence-corrected chi connectivity index (χ2v) is 5.81. The Bertz CT molecular complexity index is 509. The smallest absolute Gasteiger partial charge is 0.338 e. The number of rotatable bonds is 6. The standard InChI is InChI=1S/C18H24O4/c1-4-9-15-14(18(3,20)17(19)21-5-2)12-16(22-15)13-10-7-6-8-11-13/h4,6-8,10-11,14-16,20H,1,5,9,12H2,2-3H3/t14-,15+,16+,18+/m0/s1. The number of benzene rings is 1. The number of aliphatic hydroxyl groups is 1. The van der Waals surface area contributed by atoms with Gasteiger partial charge < -0.3 is 14.6 Å². The van der Waals surface area contributed by atoms with Crippen LogP contribution in [0.1, 0.15) is 38.4 Å². The van der Waals surface area contributed by atoms with Crippen LogP contribution in [0, 0.1) is 5.92 Å². The van der Waals surface area contributed by atoms with E-state index in [9.17, 15) is 9.90 Å². The average Bonchev–Trinajstić information content (AvgIpc) is 2.93. The third kappa shape index (κ3) is 3.39. The van der Waals surface area contributed by atoms with Crippen LogP contribution in [0.4, 0.5) is 0 Å². The molecule has 1 fully saturated rings. The maximum atomic E-state index is 12.1. The molecule has 0 aliphatic carbocycles. The van der Waals surface area contributed by atoms with Crippen molar-refractivity contribution in [3.8, 4) is 0 Å². The van der Waals surface area contributed by atoms with E-state index in [1.807, 2.05) is 30.3 Å². The monoisotopic (exact) mass is 304 g/mol. The predicted molar refractivity (Wildman–Crippen MR) is 84.2 cm³/mol. The van der Waals surface area contributed by atoms with Gasteiger partial charge in [0.2, 0.25) is 0 Å². The van der Waals surface area contributed by atoms with E-state index in [1.165, 1.54) is 6.92 Å². The Hall–Kier alpha value is -1.65. The summed E-state index contributed by atoms with van der Waals surface area (Å²) in [6.45, 7) is 7.23. The third-order valence-electron chi connectivity index (χ3n) is 4.24. The summed E-state index contributed by atoms with van der Waals surface area (Å²) in [5, 5.41) is 10.7. The lowest BCUT2D eigenvalue weighted by atomic mass is 9.81. The van der Waals surface area contributed by atoms with Crippen LogP contribution in [-0.4, -0.2) is 29.4 Å². The molecule has 2 rings (SSSR count). The maximum absolute atomic E-state index is 12.1. The lowest BCUT2D eigenvalue weighted by molar-refractivity contribution is -0.171. The van der Waals surface area contributed by atoms with Crippen molar-refractivity contribution in [1.82, 2.24) is 0 Å². The molecular formula is C18H24O4. The SMILES string of the molecule is C=CC[C@H]1O[C@@H](c2ccccc2)C[C@@H]1[C@@](C)(O)C(=O)OCC. The van der Waals surface area contributed by atoms with Gasteiger partial charge in [0.05, 0.1) is 18.8 Å². The first-order chi connectivity index (χ1) is 10.5. The van der Waals surface area contributed by atoms with Gasteiger partial charge in [-0.15, -0.1) is 6.58 Å². The van der Waals surface area contributed by atoms with Crippen LogP contribution in [0.3, 0.4) is 0 Å². The number of esters is 1. The fourth-order valence-corrected chi connectivity index (χ4v) is 3.03. The van der Waals surface area contributed by atoms with E-state index in [0.29, 0.717) is 12.8 Å². The first-order valence-electron chi connectivity index (χ1n) is 7.71. The lowest BCUT2D eigenvalue weighted by Crippen LogP contribution is -2.47. The van der Waals surface area contributed by atoms with Gasteiger partial charge in [0.1, 0.15) is 0 Å². The summed E-state index contributed by atoms with van der Waals surface area (Å²) in [5.41, 5.74) is -0.508. The summed E-state index contributed by atoms with van der Waals surface area (Å²) in [5.74, 6) is -0.916. The fraction of sp³-hybridized carbons (Fsp3) is 0.500. The van der Waals surface area contributed by atoms with E-state index in [2.05, 4.69) is 6.58 Å². The molecule has 0 unspecified atom stereocenters. The highest BCUT2D eigenvalue weighted by atomic mass is 16.6. The minimum atomic E-state index is -1.56. The molecule has 0 aromatic heterocycles. The maximum Gasteiger partial charge on any atom is 0.338 e. The molecule has 0 spiro atoms. The average molecular weight is 304 g/mol. The molecule has 22 heavy (non-hydrogen) atoms. The lowest BCUT2D eigenvalue weighted by Gasteiger charge is -2.30. The molecule has 0 saturated carbocycles. The van der Waals surface area contributed by atoms with Crippen molar-refractivity contribution in [1.29, 1.82) is 0 Å². The Kier molecular flexibility index (Phi) is 5.37. The molecule has 0 bridgehead atoms. The first kappa shape index (κ1) is 16.7. The van der Waals surface area contributed by atoms with Gasteiger partial charge >= 0.3 is 5.97 Å². The third-order valence-corrected chi connectivity index (χ3v) is 4.24. The van der Waals surface area contributed by atoms with Gasteiger partial charge in [-0.2, -0.15) is 0 Å². The van der Waals surface area contributed by atoms with Crippen LogP contribution in [-0.2, 0) is 14.3 Å². The van der Waals surface area contributed by atoms with Gasteiger partial charge in [0, 0.05) is 5.92 Å². The molecule has 1 aromatic carbocycles. The minimum Gasteiger partial charge on any atom is -0.464 e. The van der Waals surface area contributed by atoms with Crippen LogP contribution in [0.2, 0.25) is 0 Å². The van der Waals surface area contributed by atoms with E-state index < -0.39 is 11.6 Å². The number of hydrogen-bond acceptors (Lipinski definition) is 4. The molecule has 1 aliphatic rings. The Morgan fingerprint density at radius 2 is 2.18 bits per heavy atom. The van der Waals surface area contributed by atoms with Gasteiger partial charge in [-0.25, -0.2) is 4.79 Å². The number of hydrogen-bond donors (Lipinski definition) is 1. The zero-order valence-corrected chi connectivity index (χ0v) is 13.2. The molecule has 4 atom stereocenters. The van der Waals surface area contributed by atoms with Crippen molar-refractivity contribution in [3.63, 3.8) is 0 Å². The Labute approximate surface area is 131 Å². The molecule has 1 N–H and O–H groups in total. The quantitative estimate of drug-likeness (QED) is 0.648. The fourth-order valence-electron chi connectivity index (χ4n) is 3.03. The van der Waals surface area contributed by atoms with E-state index in [0.717, 1.165) is 5.56 Å². The van der Waals surface area contributed by atoms with E-state index in [-0.39, 0.29) is 24.7 Å². The highest BCUT2D eigenvalue weighted by Gasteiger charge is 2.50. The van der Waals surface area contributed by atoms with Gasteiger partial charge in [-0.05, 0) is 32.3 Å². The summed E-state index contributed by atoms with van der Waals surface area (Å²) in [7, 11) is 0. The van der Waals surface area contributed by atoms with E-state index >= 15 is 0 Å². The number of ether oxygens (including phenoxy) is 2. The molecule has 1 heterocycles. The molecule has 120 valence electrons. The second-order valence-electron chi connectivity index (χ2n) is 5.81.